The molecular weight excluding hydrogens is 247 g/mol. The Morgan fingerprint density at radius 3 is 1.91 bits per heavy atom. The van der Waals surface area contributed by atoms with Crippen molar-refractivity contribution in [3.05, 3.63) is 33.8 Å². The zero-order chi connectivity index (χ0) is 8.27. The largest absolute Gasteiger partial charge is 0.122 e. The van der Waals surface area contributed by atoms with Crippen LogP contribution in [0.25, 0.3) is 0 Å². The van der Waals surface area contributed by atoms with Crippen LogP contribution in [0.4, 0.5) is 0 Å². The van der Waals surface area contributed by atoms with Crippen molar-refractivity contribution >= 4 is 39.1 Å². The molecule has 0 atom stereocenters. The van der Waals surface area contributed by atoms with Gasteiger partial charge in [0, 0.05) is 16.2 Å². The smallest absolute Gasteiger partial charge is 0.0485 e. The highest BCUT2D eigenvalue weighted by Gasteiger charge is 2.02. The highest BCUT2D eigenvalue weighted by atomic mass is 79.9. The van der Waals surface area contributed by atoms with E-state index in [1.165, 1.54) is 0 Å². The molecule has 1 aromatic rings. The van der Waals surface area contributed by atoms with Crippen molar-refractivity contribution in [2.24, 2.45) is 0 Å². The van der Waals surface area contributed by atoms with Gasteiger partial charge >= 0.3 is 0 Å². The highest BCUT2D eigenvalue weighted by Crippen LogP contribution is 2.24. The maximum absolute atomic E-state index is 5.69. The van der Waals surface area contributed by atoms with Gasteiger partial charge in [0.2, 0.25) is 0 Å². The van der Waals surface area contributed by atoms with Gasteiger partial charge in [-0.25, -0.2) is 0 Å². The van der Waals surface area contributed by atoms with E-state index < -0.39 is 0 Å². The third-order valence-electron chi connectivity index (χ3n) is 1.45. The molecule has 0 heterocycles. The van der Waals surface area contributed by atoms with Gasteiger partial charge in [0.05, 0.1) is 0 Å². The Morgan fingerprint density at radius 1 is 1.09 bits per heavy atom. The molecule has 0 radical (unpaired) electrons. The number of rotatable bonds is 2. The number of halogens is 3. The number of benzene rings is 1. The Balaban J connectivity index is 3.10. The molecule has 1 rings (SSSR count). The van der Waals surface area contributed by atoms with Gasteiger partial charge in [-0.2, -0.15) is 0 Å². The van der Waals surface area contributed by atoms with Gasteiger partial charge in [-0.05, 0) is 11.1 Å². The Kier molecular flexibility index (Phi) is 3.70. The van der Waals surface area contributed by atoms with Crippen LogP contribution < -0.4 is 0 Å². The molecule has 0 aliphatic carbocycles. The van der Waals surface area contributed by atoms with Crippen LogP contribution in [0.15, 0.2) is 22.7 Å². The van der Waals surface area contributed by atoms with E-state index in [4.69, 9.17) is 23.2 Å². The van der Waals surface area contributed by atoms with Crippen LogP contribution in [0, 0.1) is 0 Å². The van der Waals surface area contributed by atoms with Gasteiger partial charge in [0.15, 0.2) is 0 Å². The number of hydrogen-bond donors (Lipinski definition) is 0. The molecule has 3 heteroatoms. The quantitative estimate of drug-likeness (QED) is 0.701. The minimum atomic E-state index is 0.519. The van der Waals surface area contributed by atoms with Crippen LogP contribution in [-0.2, 0) is 11.8 Å². The van der Waals surface area contributed by atoms with Crippen molar-refractivity contribution in [1.29, 1.82) is 0 Å². The van der Waals surface area contributed by atoms with Crippen molar-refractivity contribution in [1.82, 2.24) is 0 Å². The molecule has 0 amide bonds. The standard InChI is InChI=1S/C8H7BrCl2/c9-8-6(4-10)2-1-3-7(8)5-11/h1-3H,4-5H2. The average molecular weight is 254 g/mol. The van der Waals surface area contributed by atoms with Crippen molar-refractivity contribution in [3.8, 4) is 0 Å². The predicted octanol–water partition coefficient (Wildman–Crippen LogP) is 3.93. The maximum Gasteiger partial charge on any atom is 0.0485 e. The SMILES string of the molecule is ClCc1cccc(CCl)c1Br. The molecule has 0 saturated carbocycles. The molecular formula is C8H7BrCl2. The molecule has 0 N–H and O–H groups in total. The van der Waals surface area contributed by atoms with Crippen molar-refractivity contribution in [2.45, 2.75) is 11.8 Å². The first kappa shape index (κ1) is 9.37. The lowest BCUT2D eigenvalue weighted by atomic mass is 10.2. The van der Waals surface area contributed by atoms with Crippen molar-refractivity contribution in [3.63, 3.8) is 0 Å². The van der Waals surface area contributed by atoms with Gasteiger partial charge in [-0.15, -0.1) is 23.2 Å². The van der Waals surface area contributed by atoms with E-state index >= 15 is 0 Å². The molecule has 11 heavy (non-hydrogen) atoms. The number of alkyl halides is 2. The molecule has 0 unspecified atom stereocenters. The molecule has 0 aliphatic heterocycles. The first-order valence-electron chi connectivity index (χ1n) is 3.17. The fourth-order valence-electron chi connectivity index (χ4n) is 0.839. The van der Waals surface area contributed by atoms with Gasteiger partial charge in [0.25, 0.3) is 0 Å². The second-order valence-corrected chi connectivity index (χ2v) is 3.49. The Labute approximate surface area is 84.6 Å². The summed E-state index contributed by atoms with van der Waals surface area (Å²) in [5.74, 6) is 1.04. The highest BCUT2D eigenvalue weighted by molar-refractivity contribution is 9.10. The Hall–Kier alpha value is 0.280. The fourth-order valence-corrected chi connectivity index (χ4v) is 2.15. The van der Waals surface area contributed by atoms with E-state index in [0.29, 0.717) is 11.8 Å². The fraction of sp³-hybridized carbons (Fsp3) is 0.250. The molecule has 0 spiro atoms. The Bertz CT molecular complexity index is 226. The average Bonchev–Trinajstić information content (AvgIpc) is 2.05. The van der Waals surface area contributed by atoms with E-state index in [-0.39, 0.29) is 0 Å². The summed E-state index contributed by atoms with van der Waals surface area (Å²) in [5, 5.41) is 0. The topological polar surface area (TPSA) is 0 Å². The molecule has 0 saturated heterocycles. The van der Waals surface area contributed by atoms with E-state index in [0.717, 1.165) is 15.6 Å². The monoisotopic (exact) mass is 252 g/mol. The summed E-state index contributed by atoms with van der Waals surface area (Å²) in [7, 11) is 0. The summed E-state index contributed by atoms with van der Waals surface area (Å²) in [5.41, 5.74) is 2.18. The van der Waals surface area contributed by atoms with Crippen LogP contribution in [0.2, 0.25) is 0 Å². The summed E-state index contributed by atoms with van der Waals surface area (Å²) < 4.78 is 1.03. The summed E-state index contributed by atoms with van der Waals surface area (Å²) in [4.78, 5) is 0. The summed E-state index contributed by atoms with van der Waals surface area (Å²) >= 11 is 14.8. The molecule has 1 aromatic carbocycles. The van der Waals surface area contributed by atoms with Gasteiger partial charge < -0.3 is 0 Å². The minimum Gasteiger partial charge on any atom is -0.122 e. The molecule has 0 aliphatic rings. The van der Waals surface area contributed by atoms with Crippen LogP contribution >= 0.6 is 39.1 Å². The van der Waals surface area contributed by atoms with Gasteiger partial charge in [0.1, 0.15) is 0 Å². The molecule has 0 fully saturated rings. The van der Waals surface area contributed by atoms with Gasteiger partial charge in [-0.1, -0.05) is 34.1 Å². The minimum absolute atomic E-state index is 0.519. The summed E-state index contributed by atoms with van der Waals surface area (Å²) in [6.07, 6.45) is 0. The Morgan fingerprint density at radius 2 is 1.55 bits per heavy atom. The molecule has 0 bridgehead atoms. The van der Waals surface area contributed by atoms with E-state index in [1.807, 2.05) is 18.2 Å². The zero-order valence-corrected chi connectivity index (χ0v) is 8.88. The molecule has 60 valence electrons. The normalized spacial score (nSPS) is 10.1. The zero-order valence-electron chi connectivity index (χ0n) is 5.78. The molecule has 0 aromatic heterocycles. The first-order valence-corrected chi connectivity index (χ1v) is 5.04. The maximum atomic E-state index is 5.69. The summed E-state index contributed by atoms with van der Waals surface area (Å²) in [6, 6.07) is 5.92. The van der Waals surface area contributed by atoms with Crippen LogP contribution in [-0.4, -0.2) is 0 Å². The van der Waals surface area contributed by atoms with E-state index in [1.54, 1.807) is 0 Å². The first-order chi connectivity index (χ1) is 5.29. The number of hydrogen-bond acceptors (Lipinski definition) is 0. The van der Waals surface area contributed by atoms with Crippen molar-refractivity contribution in [2.75, 3.05) is 0 Å². The molecule has 0 nitrogen and oxygen atoms in total. The van der Waals surface area contributed by atoms with Crippen LogP contribution in [0.1, 0.15) is 11.1 Å². The lowest BCUT2D eigenvalue weighted by Gasteiger charge is -2.03. The van der Waals surface area contributed by atoms with E-state index in [2.05, 4.69) is 15.9 Å². The second-order valence-electron chi connectivity index (χ2n) is 2.16. The summed E-state index contributed by atoms with van der Waals surface area (Å²) in [6.45, 7) is 0. The lowest BCUT2D eigenvalue weighted by Crippen LogP contribution is -1.86. The third kappa shape index (κ3) is 2.11. The van der Waals surface area contributed by atoms with Crippen LogP contribution in [0.3, 0.4) is 0 Å². The predicted molar refractivity (Wildman–Crippen MR) is 53.3 cm³/mol. The van der Waals surface area contributed by atoms with Gasteiger partial charge in [-0.3, -0.25) is 0 Å². The lowest BCUT2D eigenvalue weighted by molar-refractivity contribution is 1.28. The van der Waals surface area contributed by atoms with Crippen molar-refractivity contribution < 1.29 is 0 Å². The second kappa shape index (κ2) is 4.34. The van der Waals surface area contributed by atoms with Crippen LogP contribution in [0.5, 0.6) is 0 Å². The van der Waals surface area contributed by atoms with E-state index in [9.17, 15) is 0 Å². The third-order valence-corrected chi connectivity index (χ3v) is 3.04.